The van der Waals surface area contributed by atoms with Gasteiger partial charge in [0, 0.05) is 17.4 Å². The Bertz CT molecular complexity index is 1060. The van der Waals surface area contributed by atoms with Gasteiger partial charge in [-0.25, -0.2) is 4.79 Å². The smallest absolute Gasteiger partial charge is 0.335 e. The molecular weight excluding hydrogens is 520 g/mol. The van der Waals surface area contributed by atoms with Crippen molar-refractivity contribution in [2.45, 2.75) is 109 Å². The van der Waals surface area contributed by atoms with E-state index in [1.54, 1.807) is 19.9 Å². The molecule has 5 rings (SSSR count). The van der Waals surface area contributed by atoms with Crippen molar-refractivity contribution in [2.75, 3.05) is 6.61 Å². The van der Waals surface area contributed by atoms with E-state index in [-0.39, 0.29) is 41.2 Å². The van der Waals surface area contributed by atoms with Crippen LogP contribution in [0.5, 0.6) is 0 Å². The maximum absolute atomic E-state index is 13.7. The monoisotopic (exact) mass is 564 g/mol. The van der Waals surface area contributed by atoms with Crippen molar-refractivity contribution in [3.63, 3.8) is 0 Å². The number of aliphatic carboxylic acids is 1. The van der Waals surface area contributed by atoms with Crippen molar-refractivity contribution in [1.82, 2.24) is 10.6 Å². The Hall–Kier alpha value is -2.05. The topological polar surface area (TPSA) is 175 Å². The molecule has 2 heterocycles. The lowest BCUT2D eigenvalue weighted by molar-refractivity contribution is -0.296. The second-order valence-electron chi connectivity index (χ2n) is 13.8. The summed E-state index contributed by atoms with van der Waals surface area (Å²) in [4.78, 5) is 37.1. The summed E-state index contributed by atoms with van der Waals surface area (Å²) in [7, 11) is 0. The predicted octanol–water partition coefficient (Wildman–Crippen LogP) is 0.703. The lowest BCUT2D eigenvalue weighted by atomic mass is 9.48. The van der Waals surface area contributed by atoms with Crippen LogP contribution in [0.4, 0.5) is 0 Å². The van der Waals surface area contributed by atoms with Crippen LogP contribution in [0.1, 0.15) is 66.2 Å². The zero-order chi connectivity index (χ0) is 29.2. The highest BCUT2D eigenvalue weighted by molar-refractivity contribution is 5.89. The van der Waals surface area contributed by atoms with Crippen molar-refractivity contribution >= 4 is 17.8 Å². The van der Waals surface area contributed by atoms with E-state index in [4.69, 9.17) is 9.47 Å². The van der Waals surface area contributed by atoms with Gasteiger partial charge in [-0.15, -0.1) is 0 Å². The summed E-state index contributed by atoms with van der Waals surface area (Å²) in [6, 6.07) is 0.165. The maximum atomic E-state index is 13.7. The van der Waals surface area contributed by atoms with Gasteiger partial charge in [0.1, 0.15) is 18.3 Å². The first-order valence-corrected chi connectivity index (χ1v) is 14.5. The van der Waals surface area contributed by atoms with Gasteiger partial charge in [0.2, 0.25) is 11.8 Å². The molecule has 6 N–H and O–H groups in total. The van der Waals surface area contributed by atoms with Crippen molar-refractivity contribution in [3.8, 4) is 0 Å². The number of carbonyl (C=O) groups is 3. The molecule has 224 valence electrons. The highest BCUT2D eigenvalue weighted by atomic mass is 16.7. The Labute approximate surface area is 234 Å². The average molecular weight is 565 g/mol. The molecule has 12 atom stereocenters. The minimum atomic E-state index is -1.79. The van der Waals surface area contributed by atoms with Crippen molar-refractivity contribution in [3.05, 3.63) is 12.2 Å². The van der Waals surface area contributed by atoms with Gasteiger partial charge in [-0.3, -0.25) is 9.59 Å². The molecule has 0 aromatic carbocycles. The fourth-order valence-corrected chi connectivity index (χ4v) is 8.70. The quantitative estimate of drug-likeness (QED) is 0.271. The average Bonchev–Trinajstić information content (AvgIpc) is 3.24. The standard InChI is InChI=1S/C29H44N2O9/c1-27(2,13-39-26-22(35)20(33)21(34)23(40-26)25(37)38)31-24(36)17-7-6-15-14-5-8-18-29(4,12-10-19(32)30-18)16(14)9-11-28(15,17)3/h10,12,14-18,20-23,26,33-35H,5-9,11,13H2,1-4H3,(H,30,32)(H,31,36)(H,37,38)/t14-,15-,16-,17+,18+,20-,21-,22+,23-,26+,28-,29+/m0/s1. The molecule has 1 saturated heterocycles. The summed E-state index contributed by atoms with van der Waals surface area (Å²) in [6.45, 7) is 7.98. The molecule has 2 aliphatic heterocycles. The number of amides is 2. The van der Waals surface area contributed by atoms with Gasteiger partial charge >= 0.3 is 5.97 Å². The molecule has 5 aliphatic rings. The molecule has 3 saturated carbocycles. The Morgan fingerprint density at radius 1 is 1.07 bits per heavy atom. The van der Waals surface area contributed by atoms with Crippen LogP contribution in [0.25, 0.3) is 0 Å². The van der Waals surface area contributed by atoms with Crippen LogP contribution in [0.3, 0.4) is 0 Å². The number of carbonyl (C=O) groups excluding carboxylic acids is 2. The fraction of sp³-hybridized carbons (Fsp3) is 0.828. The largest absolute Gasteiger partial charge is 0.479 e. The third-order valence-electron chi connectivity index (χ3n) is 10.9. The van der Waals surface area contributed by atoms with E-state index in [9.17, 15) is 34.8 Å². The number of ether oxygens (including phenoxy) is 2. The molecule has 11 nitrogen and oxygen atoms in total. The molecule has 0 bridgehead atoms. The summed E-state index contributed by atoms with van der Waals surface area (Å²) in [5, 5.41) is 45.7. The van der Waals surface area contributed by atoms with Crippen LogP contribution in [-0.2, 0) is 23.9 Å². The summed E-state index contributed by atoms with van der Waals surface area (Å²) < 4.78 is 10.8. The van der Waals surface area contributed by atoms with Gasteiger partial charge in [-0.05, 0) is 81.6 Å². The van der Waals surface area contributed by atoms with E-state index in [1.807, 2.05) is 0 Å². The van der Waals surface area contributed by atoms with E-state index >= 15 is 0 Å². The molecule has 3 aliphatic carbocycles. The zero-order valence-electron chi connectivity index (χ0n) is 23.7. The number of aliphatic hydroxyl groups is 3. The minimum absolute atomic E-state index is 0.00852. The molecule has 11 heteroatoms. The second kappa shape index (κ2) is 10.3. The number of hydrogen-bond donors (Lipinski definition) is 6. The van der Waals surface area contributed by atoms with Gasteiger partial charge < -0.3 is 40.5 Å². The third-order valence-corrected chi connectivity index (χ3v) is 10.9. The van der Waals surface area contributed by atoms with Gasteiger partial charge in [0.25, 0.3) is 0 Å². The van der Waals surface area contributed by atoms with Crippen LogP contribution in [0.2, 0.25) is 0 Å². The molecular formula is C29H44N2O9. The van der Waals surface area contributed by atoms with Crippen LogP contribution in [0, 0.1) is 34.5 Å². The van der Waals surface area contributed by atoms with Crippen molar-refractivity contribution in [1.29, 1.82) is 0 Å². The highest BCUT2D eigenvalue weighted by Gasteiger charge is 2.61. The van der Waals surface area contributed by atoms with Crippen LogP contribution < -0.4 is 10.6 Å². The summed E-state index contributed by atoms with van der Waals surface area (Å²) in [5.74, 6) is -0.297. The SMILES string of the molecule is CC(C)(CO[C@@H]1O[C@H](C(=O)O)[C@@H](O)[C@H](O)[C@H]1O)NC(=O)[C@H]1CC[C@H]2[C@@H]3CC[C@H]4NC(=O)C=C[C@]4(C)[C@H]3CC[C@]12C. The van der Waals surface area contributed by atoms with E-state index in [1.165, 1.54) is 0 Å². The number of aliphatic hydroxyl groups excluding tert-OH is 3. The zero-order valence-corrected chi connectivity index (χ0v) is 23.7. The van der Waals surface area contributed by atoms with Gasteiger partial charge in [0.15, 0.2) is 12.4 Å². The molecule has 2 amide bonds. The fourth-order valence-electron chi connectivity index (χ4n) is 8.70. The van der Waals surface area contributed by atoms with Crippen LogP contribution in [0.15, 0.2) is 12.2 Å². The first-order chi connectivity index (χ1) is 18.7. The lowest BCUT2D eigenvalue weighted by Gasteiger charge is -2.58. The molecule has 0 radical (unpaired) electrons. The molecule has 0 aromatic heterocycles. The highest BCUT2D eigenvalue weighted by Crippen LogP contribution is 2.65. The summed E-state index contributed by atoms with van der Waals surface area (Å²) in [6.07, 6.45) is 1.14. The number of carboxylic acids is 1. The number of fused-ring (bicyclic) bond motifs is 5. The van der Waals surface area contributed by atoms with Gasteiger partial charge in [0.05, 0.1) is 12.1 Å². The Morgan fingerprint density at radius 3 is 2.50 bits per heavy atom. The number of hydrogen-bond acceptors (Lipinski definition) is 8. The Morgan fingerprint density at radius 2 is 1.80 bits per heavy atom. The molecule has 0 aromatic rings. The Kier molecular flexibility index (Phi) is 7.61. The molecule has 40 heavy (non-hydrogen) atoms. The molecule has 4 fully saturated rings. The van der Waals surface area contributed by atoms with Crippen molar-refractivity contribution in [2.24, 2.45) is 34.5 Å². The number of rotatable bonds is 6. The summed E-state index contributed by atoms with van der Waals surface area (Å²) in [5.41, 5.74) is -1.07. The molecule has 0 unspecified atom stereocenters. The first-order valence-electron chi connectivity index (χ1n) is 14.5. The second-order valence-corrected chi connectivity index (χ2v) is 13.8. The van der Waals surface area contributed by atoms with Gasteiger partial charge in [-0.1, -0.05) is 19.9 Å². The minimum Gasteiger partial charge on any atom is -0.479 e. The third kappa shape index (κ3) is 4.87. The predicted molar refractivity (Wildman–Crippen MR) is 141 cm³/mol. The first kappa shape index (κ1) is 29.4. The number of carboxylic acid groups (broad SMARTS) is 1. The van der Waals surface area contributed by atoms with E-state index in [2.05, 4.69) is 30.6 Å². The number of nitrogens with one attached hydrogen (secondary N) is 2. The lowest BCUT2D eigenvalue weighted by Crippen LogP contribution is -2.61. The van der Waals surface area contributed by atoms with E-state index in [0.29, 0.717) is 17.8 Å². The van der Waals surface area contributed by atoms with Crippen LogP contribution in [-0.4, -0.2) is 87.1 Å². The molecule has 0 spiro atoms. The van der Waals surface area contributed by atoms with E-state index < -0.39 is 42.2 Å². The summed E-state index contributed by atoms with van der Waals surface area (Å²) >= 11 is 0. The van der Waals surface area contributed by atoms with Crippen LogP contribution >= 0.6 is 0 Å². The maximum Gasteiger partial charge on any atom is 0.335 e. The van der Waals surface area contributed by atoms with Gasteiger partial charge in [-0.2, -0.15) is 0 Å². The Balaban J connectivity index is 1.22. The van der Waals surface area contributed by atoms with Crippen molar-refractivity contribution < 1.29 is 44.3 Å². The normalized spacial score (nSPS) is 46.5. The van der Waals surface area contributed by atoms with E-state index in [0.717, 1.165) is 38.5 Å².